The number of rotatable bonds is 4. The number of amides is 1. The second kappa shape index (κ2) is 6.30. The zero-order valence-corrected chi connectivity index (χ0v) is 16.0. The van der Waals surface area contributed by atoms with E-state index in [-0.39, 0.29) is 11.5 Å². The molecule has 1 aliphatic rings. The topological polar surface area (TPSA) is 60.5 Å². The molecule has 0 atom stereocenters. The summed E-state index contributed by atoms with van der Waals surface area (Å²) < 4.78 is 13.7. The minimum Gasteiger partial charge on any atom is -0.487 e. The summed E-state index contributed by atoms with van der Waals surface area (Å²) >= 11 is 0. The third-order valence-corrected chi connectivity index (χ3v) is 4.64. The summed E-state index contributed by atoms with van der Waals surface area (Å²) in [7, 11) is 3.41. The first-order valence-electron chi connectivity index (χ1n) is 8.96. The van der Waals surface area contributed by atoms with Crippen LogP contribution < -0.4 is 4.74 Å². The maximum atomic E-state index is 12.0. The number of carbonyl (C=O) groups excluding carboxylic acids is 1. The number of ether oxygens (including phenoxy) is 1. The lowest BCUT2D eigenvalue weighted by atomic mass is 10.00. The van der Waals surface area contributed by atoms with Gasteiger partial charge in [0.15, 0.2) is 5.76 Å². The van der Waals surface area contributed by atoms with E-state index in [1.54, 1.807) is 26.4 Å². The molecule has 27 heavy (non-hydrogen) atoms. The highest BCUT2D eigenvalue weighted by Crippen LogP contribution is 2.37. The van der Waals surface area contributed by atoms with Gasteiger partial charge in [-0.2, -0.15) is 0 Å². The molecule has 0 fully saturated rings. The molecule has 0 unspecified atom stereocenters. The Bertz CT molecular complexity index is 998. The molecule has 0 bridgehead atoms. The molecule has 1 amide bonds. The Morgan fingerprint density at radius 3 is 2.85 bits per heavy atom. The zero-order valence-electron chi connectivity index (χ0n) is 16.0. The lowest BCUT2D eigenvalue weighted by molar-refractivity contribution is 0.0794. The number of nitrogens with zero attached hydrogens (tertiary/aromatic N) is 3. The maximum absolute atomic E-state index is 12.0. The zero-order chi connectivity index (χ0) is 19.2. The summed E-state index contributed by atoms with van der Waals surface area (Å²) in [5, 5.41) is 0. The lowest BCUT2D eigenvalue weighted by Crippen LogP contribution is -2.24. The van der Waals surface area contributed by atoms with Crippen molar-refractivity contribution in [3.05, 3.63) is 59.8 Å². The Balaban J connectivity index is 1.59. The van der Waals surface area contributed by atoms with Crippen molar-refractivity contribution in [1.82, 2.24) is 14.5 Å². The van der Waals surface area contributed by atoms with Crippen LogP contribution in [-0.4, -0.2) is 40.1 Å². The number of aromatic nitrogens is 2. The Labute approximate surface area is 158 Å². The molecule has 0 saturated heterocycles. The van der Waals surface area contributed by atoms with E-state index in [4.69, 9.17) is 9.15 Å². The van der Waals surface area contributed by atoms with Gasteiger partial charge in [0.25, 0.3) is 5.91 Å². The number of carbonyl (C=O) groups is 1. The van der Waals surface area contributed by atoms with E-state index in [1.807, 2.05) is 29.0 Å². The average Bonchev–Trinajstić information content (AvgIpc) is 3.31. The predicted molar refractivity (Wildman–Crippen MR) is 102 cm³/mol. The molecule has 1 aromatic carbocycles. The van der Waals surface area contributed by atoms with E-state index in [2.05, 4.69) is 24.9 Å². The molecule has 0 aliphatic carbocycles. The van der Waals surface area contributed by atoms with Gasteiger partial charge in [0.05, 0.1) is 6.54 Å². The summed E-state index contributed by atoms with van der Waals surface area (Å²) in [6, 6.07) is 9.73. The van der Waals surface area contributed by atoms with Crippen molar-refractivity contribution in [3.8, 4) is 17.1 Å². The minimum absolute atomic E-state index is 0.145. The third-order valence-electron chi connectivity index (χ3n) is 4.64. The standard InChI is InChI=1S/C21H23N3O3/c1-21(2)12-15-11-14(5-7-17(15)27-21)19-22-9-10-24(19)13-16-6-8-18(26-16)20(25)23(3)4/h5-11H,12-13H2,1-4H3. The van der Waals surface area contributed by atoms with Crippen LogP contribution in [0.2, 0.25) is 0 Å². The van der Waals surface area contributed by atoms with E-state index in [9.17, 15) is 4.79 Å². The fourth-order valence-electron chi connectivity index (χ4n) is 3.41. The van der Waals surface area contributed by atoms with E-state index < -0.39 is 0 Å². The van der Waals surface area contributed by atoms with Gasteiger partial charge in [-0.15, -0.1) is 0 Å². The molecule has 3 heterocycles. The lowest BCUT2D eigenvalue weighted by Gasteiger charge is -2.16. The highest BCUT2D eigenvalue weighted by molar-refractivity contribution is 5.91. The van der Waals surface area contributed by atoms with Crippen molar-refractivity contribution in [3.63, 3.8) is 0 Å². The van der Waals surface area contributed by atoms with Gasteiger partial charge >= 0.3 is 0 Å². The van der Waals surface area contributed by atoms with E-state index in [0.717, 1.165) is 23.6 Å². The van der Waals surface area contributed by atoms with Crippen molar-refractivity contribution in [2.75, 3.05) is 14.1 Å². The number of imidazole rings is 1. The first kappa shape index (κ1) is 17.4. The van der Waals surface area contributed by atoms with E-state index in [0.29, 0.717) is 18.1 Å². The fraction of sp³-hybridized carbons (Fsp3) is 0.333. The molecule has 140 valence electrons. The van der Waals surface area contributed by atoms with Gasteiger partial charge in [0, 0.05) is 38.5 Å². The molecule has 1 aliphatic heterocycles. The predicted octanol–water partition coefficient (Wildman–Crippen LogP) is 3.61. The molecule has 0 N–H and O–H groups in total. The quantitative estimate of drug-likeness (QED) is 0.709. The van der Waals surface area contributed by atoms with Crippen LogP contribution in [-0.2, 0) is 13.0 Å². The molecule has 2 aromatic heterocycles. The SMILES string of the molecule is CN(C)C(=O)c1ccc(Cn2ccnc2-c2ccc3c(c2)CC(C)(C)O3)o1. The molecule has 0 spiro atoms. The highest BCUT2D eigenvalue weighted by Gasteiger charge is 2.30. The van der Waals surface area contributed by atoms with Gasteiger partial charge in [0.1, 0.15) is 22.9 Å². The molecule has 6 heteroatoms. The number of furan rings is 1. The van der Waals surface area contributed by atoms with Gasteiger partial charge < -0.3 is 18.6 Å². The van der Waals surface area contributed by atoms with Crippen molar-refractivity contribution in [1.29, 1.82) is 0 Å². The molecular formula is C21H23N3O3. The van der Waals surface area contributed by atoms with Crippen molar-refractivity contribution in [2.24, 2.45) is 0 Å². The van der Waals surface area contributed by atoms with Crippen LogP contribution in [0.25, 0.3) is 11.4 Å². The van der Waals surface area contributed by atoms with Gasteiger partial charge in [-0.3, -0.25) is 4.79 Å². The third kappa shape index (κ3) is 3.35. The van der Waals surface area contributed by atoms with Gasteiger partial charge in [-0.1, -0.05) is 0 Å². The first-order chi connectivity index (χ1) is 12.8. The Hall–Kier alpha value is -3.02. The average molecular weight is 365 g/mol. The molecule has 3 aromatic rings. The Kier molecular flexibility index (Phi) is 4.06. The molecule has 6 nitrogen and oxygen atoms in total. The largest absolute Gasteiger partial charge is 0.487 e. The Morgan fingerprint density at radius 1 is 1.26 bits per heavy atom. The van der Waals surface area contributed by atoms with Crippen LogP contribution in [0.15, 0.2) is 47.1 Å². The van der Waals surface area contributed by atoms with E-state index in [1.165, 1.54) is 10.5 Å². The second-order valence-corrected chi connectivity index (χ2v) is 7.71. The summed E-state index contributed by atoms with van der Waals surface area (Å²) in [5.41, 5.74) is 2.07. The van der Waals surface area contributed by atoms with Crippen LogP contribution in [0.3, 0.4) is 0 Å². The van der Waals surface area contributed by atoms with Crippen molar-refractivity contribution >= 4 is 5.91 Å². The van der Waals surface area contributed by atoms with Crippen LogP contribution in [0.5, 0.6) is 5.75 Å². The van der Waals surface area contributed by atoms with Crippen LogP contribution in [0.4, 0.5) is 0 Å². The minimum atomic E-state index is -0.167. The monoisotopic (exact) mass is 365 g/mol. The number of benzene rings is 1. The molecule has 0 radical (unpaired) electrons. The Morgan fingerprint density at radius 2 is 2.07 bits per heavy atom. The van der Waals surface area contributed by atoms with Crippen molar-refractivity contribution in [2.45, 2.75) is 32.4 Å². The fourth-order valence-corrected chi connectivity index (χ4v) is 3.41. The summed E-state index contributed by atoms with van der Waals surface area (Å²) in [5.74, 6) is 2.71. The summed E-state index contributed by atoms with van der Waals surface area (Å²) in [6.45, 7) is 4.70. The normalized spacial score (nSPS) is 14.7. The summed E-state index contributed by atoms with van der Waals surface area (Å²) in [4.78, 5) is 18.0. The van der Waals surface area contributed by atoms with Crippen molar-refractivity contribution < 1.29 is 13.9 Å². The van der Waals surface area contributed by atoms with Crippen LogP contribution in [0.1, 0.15) is 35.7 Å². The smallest absolute Gasteiger partial charge is 0.289 e. The maximum Gasteiger partial charge on any atom is 0.289 e. The second-order valence-electron chi connectivity index (χ2n) is 7.71. The van der Waals surface area contributed by atoms with Gasteiger partial charge in [-0.25, -0.2) is 4.98 Å². The van der Waals surface area contributed by atoms with Crippen LogP contribution >= 0.6 is 0 Å². The number of fused-ring (bicyclic) bond motifs is 1. The first-order valence-corrected chi connectivity index (χ1v) is 8.96. The highest BCUT2D eigenvalue weighted by atomic mass is 16.5. The molecule has 4 rings (SSSR count). The van der Waals surface area contributed by atoms with Crippen LogP contribution in [0, 0.1) is 0 Å². The molecule has 0 saturated carbocycles. The summed E-state index contributed by atoms with van der Waals surface area (Å²) in [6.07, 6.45) is 4.57. The van der Waals surface area contributed by atoms with Gasteiger partial charge in [0.2, 0.25) is 0 Å². The number of hydrogen-bond acceptors (Lipinski definition) is 4. The number of hydrogen-bond donors (Lipinski definition) is 0. The van der Waals surface area contributed by atoms with E-state index >= 15 is 0 Å². The van der Waals surface area contributed by atoms with Gasteiger partial charge in [-0.05, 0) is 49.7 Å². The molecular weight excluding hydrogens is 342 g/mol.